The van der Waals surface area contributed by atoms with E-state index in [0.29, 0.717) is 30.6 Å². The van der Waals surface area contributed by atoms with Crippen molar-refractivity contribution < 1.29 is 13.6 Å². The summed E-state index contributed by atoms with van der Waals surface area (Å²) < 4.78 is 30.4. The molecule has 9 heteroatoms. The summed E-state index contributed by atoms with van der Waals surface area (Å²) in [5.74, 6) is -0.125. The average Bonchev–Trinajstić information content (AvgIpc) is 3.64. The molecule has 2 unspecified atom stereocenters. The van der Waals surface area contributed by atoms with Crippen molar-refractivity contribution in [2.75, 3.05) is 32.7 Å². The van der Waals surface area contributed by atoms with Crippen LogP contribution in [0, 0.1) is 11.7 Å². The first-order valence-electron chi connectivity index (χ1n) is 13.7. The molecule has 3 aliphatic rings. The molecule has 2 N–H and O–H groups in total. The smallest absolute Gasteiger partial charge is 0.223 e. The minimum atomic E-state index is -0.648. The van der Waals surface area contributed by atoms with Gasteiger partial charge in [-0.2, -0.15) is 0 Å². The third-order valence-electron chi connectivity index (χ3n) is 8.23. The van der Waals surface area contributed by atoms with Crippen LogP contribution >= 0.6 is 11.3 Å². The average molecular weight is 528 g/mol. The normalized spacial score (nSPS) is 23.0. The minimum absolute atomic E-state index is 0.0215. The first kappa shape index (κ1) is 24.9. The van der Waals surface area contributed by atoms with E-state index in [1.54, 1.807) is 17.4 Å². The maximum atomic E-state index is 15.0. The molecule has 2 aromatic heterocycles. The quantitative estimate of drug-likeness (QED) is 0.439. The van der Waals surface area contributed by atoms with E-state index in [2.05, 4.69) is 19.9 Å². The van der Waals surface area contributed by atoms with Crippen molar-refractivity contribution in [3.05, 3.63) is 46.3 Å². The van der Waals surface area contributed by atoms with Crippen LogP contribution in [-0.2, 0) is 17.6 Å². The van der Waals surface area contributed by atoms with Gasteiger partial charge >= 0.3 is 0 Å². The van der Waals surface area contributed by atoms with Crippen LogP contribution in [0.3, 0.4) is 0 Å². The van der Waals surface area contributed by atoms with Gasteiger partial charge in [-0.25, -0.2) is 13.8 Å². The fraction of sp³-hybridized carbons (Fsp3) is 0.571. The van der Waals surface area contributed by atoms with Gasteiger partial charge in [0.05, 0.1) is 5.69 Å². The van der Waals surface area contributed by atoms with Crippen molar-refractivity contribution in [3.63, 3.8) is 0 Å². The molecule has 3 aromatic rings. The zero-order valence-corrected chi connectivity index (χ0v) is 22.0. The van der Waals surface area contributed by atoms with Crippen LogP contribution in [0.1, 0.15) is 60.7 Å². The maximum absolute atomic E-state index is 15.0. The van der Waals surface area contributed by atoms with Crippen LogP contribution in [-0.4, -0.2) is 59.1 Å². The number of rotatable bonds is 7. The number of carbonyl (C=O) groups is 1. The van der Waals surface area contributed by atoms with Gasteiger partial charge in [0.1, 0.15) is 12.0 Å². The number of aromatic nitrogens is 2. The summed E-state index contributed by atoms with van der Waals surface area (Å²) in [5.41, 5.74) is 3.40. The topological polar surface area (TPSA) is 61.7 Å². The minimum Gasteiger partial charge on any atom is -0.356 e. The molecule has 37 heavy (non-hydrogen) atoms. The lowest BCUT2D eigenvalue weighted by molar-refractivity contribution is -0.125. The number of aryl methyl sites for hydroxylation is 1. The highest BCUT2D eigenvalue weighted by Crippen LogP contribution is 2.35. The Kier molecular flexibility index (Phi) is 7.27. The molecule has 4 heterocycles. The fourth-order valence-electron chi connectivity index (χ4n) is 6.05. The van der Waals surface area contributed by atoms with E-state index in [-0.39, 0.29) is 23.7 Å². The summed E-state index contributed by atoms with van der Waals surface area (Å²) >= 11 is 1.62. The Balaban J connectivity index is 1.06. The molecule has 0 spiro atoms. The number of likely N-dealkylation sites (tertiary alicyclic amines) is 1. The van der Waals surface area contributed by atoms with E-state index < -0.39 is 6.17 Å². The van der Waals surface area contributed by atoms with Crippen LogP contribution in [0.15, 0.2) is 24.4 Å². The SMILES string of the molecule is O=C(NCCCN1CCC(F)CC1)C1CCc2c(sc3nc(-c4ccc(C5CCCN5)cc4F)cn23)C1. The summed E-state index contributed by atoms with van der Waals surface area (Å²) in [6.07, 6.45) is 7.97. The number of alkyl halides is 1. The maximum Gasteiger partial charge on any atom is 0.223 e. The van der Waals surface area contributed by atoms with Gasteiger partial charge in [-0.3, -0.25) is 9.20 Å². The van der Waals surface area contributed by atoms with Crippen molar-refractivity contribution in [1.82, 2.24) is 24.9 Å². The van der Waals surface area contributed by atoms with Gasteiger partial charge in [-0.1, -0.05) is 6.07 Å². The first-order valence-corrected chi connectivity index (χ1v) is 14.5. The van der Waals surface area contributed by atoms with Crippen LogP contribution in [0.25, 0.3) is 16.2 Å². The summed E-state index contributed by atoms with van der Waals surface area (Å²) in [6, 6.07) is 5.76. The third kappa shape index (κ3) is 5.31. The Morgan fingerprint density at radius 3 is 2.86 bits per heavy atom. The van der Waals surface area contributed by atoms with E-state index in [9.17, 15) is 9.18 Å². The molecule has 2 aliphatic heterocycles. The molecular formula is C28H35F2N5OS. The third-order valence-corrected chi connectivity index (χ3v) is 9.35. The van der Waals surface area contributed by atoms with Crippen LogP contribution in [0.2, 0.25) is 0 Å². The number of nitrogens with zero attached hydrogens (tertiary/aromatic N) is 3. The van der Waals surface area contributed by atoms with Gasteiger partial charge in [0.2, 0.25) is 5.91 Å². The molecule has 1 aromatic carbocycles. The number of hydrogen-bond acceptors (Lipinski definition) is 5. The summed E-state index contributed by atoms with van der Waals surface area (Å²) in [5, 5.41) is 6.54. The highest BCUT2D eigenvalue weighted by Gasteiger charge is 2.29. The highest BCUT2D eigenvalue weighted by molar-refractivity contribution is 7.17. The Hall–Kier alpha value is -2.36. The van der Waals surface area contributed by atoms with E-state index in [0.717, 1.165) is 75.2 Å². The number of fused-ring (bicyclic) bond motifs is 3. The summed E-state index contributed by atoms with van der Waals surface area (Å²) in [4.78, 5) is 21.9. The van der Waals surface area contributed by atoms with Crippen molar-refractivity contribution >= 4 is 22.2 Å². The lowest BCUT2D eigenvalue weighted by atomic mass is 9.90. The second-order valence-electron chi connectivity index (χ2n) is 10.7. The standard InChI is InChI=1S/C28H35F2N5OS/c29-20-8-13-34(14-9-20)12-2-11-32-27(36)19-5-7-25-26(16-19)37-28-33-24(17-35(25)28)21-6-4-18(15-22(21)30)23-3-1-10-31-23/h4,6,15,17,19-20,23,31H,1-3,5,7-14,16H2,(H,32,36). The number of amides is 1. The second-order valence-corrected chi connectivity index (χ2v) is 11.8. The Morgan fingerprint density at radius 1 is 1.22 bits per heavy atom. The molecule has 0 bridgehead atoms. The Bertz CT molecular complexity index is 1260. The number of halogens is 2. The molecule has 2 saturated heterocycles. The number of carbonyl (C=O) groups excluding carboxylic acids is 1. The largest absolute Gasteiger partial charge is 0.356 e. The first-order chi connectivity index (χ1) is 18.0. The molecule has 6 rings (SSSR count). The van der Waals surface area contributed by atoms with Crippen molar-refractivity contribution in [3.8, 4) is 11.3 Å². The molecule has 0 radical (unpaired) electrons. The molecule has 1 amide bonds. The predicted octanol–water partition coefficient (Wildman–Crippen LogP) is 4.67. The predicted molar refractivity (Wildman–Crippen MR) is 142 cm³/mol. The number of piperidine rings is 1. The van der Waals surface area contributed by atoms with E-state index in [1.165, 1.54) is 10.6 Å². The molecule has 6 nitrogen and oxygen atoms in total. The van der Waals surface area contributed by atoms with E-state index >= 15 is 4.39 Å². The van der Waals surface area contributed by atoms with Gasteiger partial charge < -0.3 is 15.5 Å². The number of imidazole rings is 1. The van der Waals surface area contributed by atoms with E-state index in [1.807, 2.05) is 18.3 Å². The number of thiazole rings is 1. The van der Waals surface area contributed by atoms with Crippen LogP contribution in [0.4, 0.5) is 8.78 Å². The van der Waals surface area contributed by atoms with Crippen molar-refractivity contribution in [1.29, 1.82) is 0 Å². The Morgan fingerprint density at radius 2 is 2.08 bits per heavy atom. The van der Waals surface area contributed by atoms with Gasteiger partial charge in [0.25, 0.3) is 0 Å². The van der Waals surface area contributed by atoms with E-state index in [4.69, 9.17) is 4.98 Å². The van der Waals surface area contributed by atoms with Gasteiger partial charge in [0, 0.05) is 53.9 Å². The fourth-order valence-corrected chi connectivity index (χ4v) is 7.28. The highest BCUT2D eigenvalue weighted by atomic mass is 32.1. The second kappa shape index (κ2) is 10.8. The van der Waals surface area contributed by atoms with Crippen molar-refractivity contribution in [2.24, 2.45) is 5.92 Å². The zero-order valence-electron chi connectivity index (χ0n) is 21.1. The lowest BCUT2D eigenvalue weighted by Gasteiger charge is -2.28. The Labute approximate surface area is 220 Å². The lowest BCUT2D eigenvalue weighted by Crippen LogP contribution is -2.38. The van der Waals surface area contributed by atoms with Crippen LogP contribution in [0.5, 0.6) is 0 Å². The summed E-state index contributed by atoms with van der Waals surface area (Å²) in [7, 11) is 0. The molecular weight excluding hydrogens is 492 g/mol. The summed E-state index contributed by atoms with van der Waals surface area (Å²) in [6.45, 7) is 4.19. The number of benzene rings is 1. The van der Waals surface area contributed by atoms with Gasteiger partial charge in [-0.15, -0.1) is 11.3 Å². The molecule has 198 valence electrons. The molecule has 2 atom stereocenters. The number of hydrogen-bond donors (Lipinski definition) is 2. The van der Waals surface area contributed by atoms with Crippen LogP contribution < -0.4 is 10.6 Å². The monoisotopic (exact) mass is 527 g/mol. The van der Waals surface area contributed by atoms with Gasteiger partial charge in [-0.05, 0) is 82.2 Å². The molecule has 2 fully saturated rings. The zero-order chi connectivity index (χ0) is 25.4. The van der Waals surface area contributed by atoms with Gasteiger partial charge in [0.15, 0.2) is 4.96 Å². The molecule has 1 aliphatic carbocycles. The molecule has 0 saturated carbocycles. The van der Waals surface area contributed by atoms with Crippen molar-refractivity contribution in [2.45, 2.75) is 63.6 Å². The number of nitrogens with one attached hydrogen (secondary N) is 2.